The van der Waals surface area contributed by atoms with Gasteiger partial charge in [-0.25, -0.2) is 4.79 Å². The fourth-order valence-electron chi connectivity index (χ4n) is 0.457. The minimum Gasteiger partial charge on any atom is -0.456 e. The van der Waals surface area contributed by atoms with Crippen LogP contribution in [0.2, 0.25) is 0 Å². The second-order valence-electron chi connectivity index (χ2n) is 1.81. The lowest BCUT2D eigenvalue weighted by Gasteiger charge is -1.90. The molecule has 0 heterocycles. The number of alkyl halides is 1. The van der Waals surface area contributed by atoms with Crippen molar-refractivity contribution < 1.29 is 9.53 Å². The topological polar surface area (TPSA) is 26.3 Å². The molecule has 0 atom stereocenters. The van der Waals surface area contributed by atoms with Crippen molar-refractivity contribution in [2.24, 2.45) is 0 Å². The molecule has 11 heavy (non-hydrogen) atoms. The number of rotatable bonds is 3. The van der Waals surface area contributed by atoms with E-state index >= 15 is 0 Å². The Balaban J connectivity index is 3.43. The third kappa shape index (κ3) is 7.21. The van der Waals surface area contributed by atoms with Crippen LogP contribution in [0.3, 0.4) is 0 Å². The van der Waals surface area contributed by atoms with E-state index in [9.17, 15) is 4.79 Å². The first kappa shape index (κ1) is 10.3. The van der Waals surface area contributed by atoms with Gasteiger partial charge >= 0.3 is 5.97 Å². The highest BCUT2D eigenvalue weighted by Gasteiger charge is 1.90. The molecule has 0 saturated carbocycles. The summed E-state index contributed by atoms with van der Waals surface area (Å²) in [5.74, 6) is 5.13. The number of esters is 1. The molecule has 0 spiro atoms. The molecule has 0 aromatic rings. The lowest BCUT2D eigenvalue weighted by molar-refractivity contribution is -0.136. The summed E-state index contributed by atoms with van der Waals surface area (Å²) in [7, 11) is 0. The smallest absolute Gasteiger partial charge is 0.384 e. The molecular weight excluding hydrogens is 164 g/mol. The molecule has 0 fully saturated rings. The summed E-state index contributed by atoms with van der Waals surface area (Å²) in [6.45, 7) is 2.13. The van der Waals surface area contributed by atoms with Crippen LogP contribution in [0.15, 0.2) is 0 Å². The Kier molecular flexibility index (Phi) is 6.97. The Morgan fingerprint density at radius 3 is 2.91 bits per heavy atom. The van der Waals surface area contributed by atoms with E-state index < -0.39 is 5.97 Å². The van der Waals surface area contributed by atoms with Crippen LogP contribution >= 0.6 is 11.6 Å². The van der Waals surface area contributed by atoms with Gasteiger partial charge in [0.2, 0.25) is 0 Å². The van der Waals surface area contributed by atoms with Crippen LogP contribution in [0, 0.1) is 11.8 Å². The molecule has 0 rings (SSSR count). The highest BCUT2D eigenvalue weighted by molar-refractivity contribution is 6.17. The van der Waals surface area contributed by atoms with Crippen molar-refractivity contribution in [2.75, 3.05) is 12.5 Å². The zero-order valence-electron chi connectivity index (χ0n) is 6.52. The minimum absolute atomic E-state index is 0.378. The maximum absolute atomic E-state index is 10.6. The standard InChI is InChI=1S/C8H11ClO2/c1-2-11-8(10)6-4-3-5-7-9/h2-3,5,7H2,1H3. The van der Waals surface area contributed by atoms with E-state index in [4.69, 9.17) is 11.6 Å². The van der Waals surface area contributed by atoms with Crippen LogP contribution in [0.25, 0.3) is 0 Å². The molecular formula is C8H11ClO2. The van der Waals surface area contributed by atoms with E-state index in [2.05, 4.69) is 16.6 Å². The third-order valence-corrected chi connectivity index (χ3v) is 1.17. The van der Waals surface area contributed by atoms with Crippen LogP contribution in [-0.2, 0) is 9.53 Å². The Morgan fingerprint density at radius 2 is 2.36 bits per heavy atom. The predicted octanol–water partition coefficient (Wildman–Crippen LogP) is 1.57. The van der Waals surface area contributed by atoms with Crippen LogP contribution < -0.4 is 0 Å². The number of hydrogen-bond donors (Lipinski definition) is 0. The van der Waals surface area contributed by atoms with Gasteiger partial charge in [0.25, 0.3) is 0 Å². The van der Waals surface area contributed by atoms with Gasteiger partial charge < -0.3 is 4.74 Å². The van der Waals surface area contributed by atoms with Crippen molar-refractivity contribution in [1.82, 2.24) is 0 Å². The fraction of sp³-hybridized carbons (Fsp3) is 0.625. The van der Waals surface area contributed by atoms with E-state index in [1.54, 1.807) is 6.92 Å². The van der Waals surface area contributed by atoms with Crippen molar-refractivity contribution in [3.63, 3.8) is 0 Å². The minimum atomic E-state index is -0.456. The van der Waals surface area contributed by atoms with Gasteiger partial charge in [-0.1, -0.05) is 5.92 Å². The number of ether oxygens (including phenoxy) is 1. The van der Waals surface area contributed by atoms with Crippen molar-refractivity contribution in [3.05, 3.63) is 0 Å². The van der Waals surface area contributed by atoms with Gasteiger partial charge in [0, 0.05) is 18.2 Å². The van der Waals surface area contributed by atoms with E-state index in [1.807, 2.05) is 0 Å². The summed E-state index contributed by atoms with van der Waals surface area (Å²) in [6, 6.07) is 0. The molecule has 0 aliphatic carbocycles. The Hall–Kier alpha value is -0.680. The summed E-state index contributed by atoms with van der Waals surface area (Å²) in [4.78, 5) is 10.6. The maximum Gasteiger partial charge on any atom is 0.384 e. The van der Waals surface area contributed by atoms with Crippen LogP contribution in [0.5, 0.6) is 0 Å². The number of carbonyl (C=O) groups excluding carboxylic acids is 1. The molecule has 0 radical (unpaired) electrons. The summed E-state index contributed by atoms with van der Waals surface area (Å²) < 4.78 is 4.58. The molecule has 0 amide bonds. The largest absolute Gasteiger partial charge is 0.456 e. The highest BCUT2D eigenvalue weighted by Crippen LogP contribution is 1.88. The molecule has 62 valence electrons. The molecule has 0 bridgehead atoms. The van der Waals surface area contributed by atoms with Gasteiger partial charge in [0.15, 0.2) is 0 Å². The zero-order valence-corrected chi connectivity index (χ0v) is 7.28. The summed E-state index contributed by atoms with van der Waals surface area (Å²) in [5.41, 5.74) is 0. The van der Waals surface area contributed by atoms with Crippen molar-refractivity contribution in [2.45, 2.75) is 19.8 Å². The number of hydrogen-bond acceptors (Lipinski definition) is 2. The average molecular weight is 175 g/mol. The van der Waals surface area contributed by atoms with E-state index in [0.717, 1.165) is 6.42 Å². The first-order chi connectivity index (χ1) is 5.31. The van der Waals surface area contributed by atoms with Gasteiger partial charge in [0.05, 0.1) is 6.61 Å². The summed E-state index contributed by atoms with van der Waals surface area (Å²) >= 11 is 5.39. The molecule has 3 heteroatoms. The van der Waals surface area contributed by atoms with Gasteiger partial charge in [-0.15, -0.1) is 11.6 Å². The van der Waals surface area contributed by atoms with Crippen LogP contribution in [0.4, 0.5) is 0 Å². The molecule has 0 aromatic heterocycles. The number of unbranched alkanes of at least 4 members (excludes halogenated alkanes) is 1. The molecule has 0 N–H and O–H groups in total. The first-order valence-corrected chi connectivity index (χ1v) is 4.06. The number of halogens is 1. The second kappa shape index (κ2) is 7.43. The quantitative estimate of drug-likeness (QED) is 0.214. The molecule has 0 unspecified atom stereocenters. The van der Waals surface area contributed by atoms with Gasteiger partial charge in [-0.2, -0.15) is 0 Å². The monoisotopic (exact) mass is 174 g/mol. The third-order valence-electron chi connectivity index (χ3n) is 0.901. The second-order valence-corrected chi connectivity index (χ2v) is 2.19. The molecule has 0 aromatic carbocycles. The molecule has 0 aliphatic heterocycles. The highest BCUT2D eigenvalue weighted by atomic mass is 35.5. The molecule has 0 saturated heterocycles. The molecule has 0 aliphatic rings. The molecule has 2 nitrogen and oxygen atoms in total. The zero-order chi connectivity index (χ0) is 8.53. The average Bonchev–Trinajstić information content (AvgIpc) is 1.99. The van der Waals surface area contributed by atoms with Crippen LogP contribution in [0.1, 0.15) is 19.8 Å². The van der Waals surface area contributed by atoms with Gasteiger partial charge in [0.1, 0.15) is 0 Å². The van der Waals surface area contributed by atoms with Crippen molar-refractivity contribution in [1.29, 1.82) is 0 Å². The van der Waals surface area contributed by atoms with Gasteiger partial charge in [-0.3, -0.25) is 0 Å². The summed E-state index contributed by atoms with van der Waals surface area (Å²) in [5, 5.41) is 0. The van der Waals surface area contributed by atoms with E-state index in [-0.39, 0.29) is 0 Å². The van der Waals surface area contributed by atoms with E-state index in [0.29, 0.717) is 18.9 Å². The lowest BCUT2D eigenvalue weighted by atomic mass is 10.3. The first-order valence-electron chi connectivity index (χ1n) is 3.52. The maximum atomic E-state index is 10.6. The Bertz CT molecular complexity index is 167. The van der Waals surface area contributed by atoms with Crippen molar-refractivity contribution in [3.8, 4) is 11.8 Å². The van der Waals surface area contributed by atoms with Gasteiger partial charge in [-0.05, 0) is 13.3 Å². The fourth-order valence-corrected chi connectivity index (χ4v) is 0.591. The van der Waals surface area contributed by atoms with E-state index in [1.165, 1.54) is 0 Å². The van der Waals surface area contributed by atoms with Crippen molar-refractivity contribution >= 4 is 17.6 Å². The van der Waals surface area contributed by atoms with Crippen LogP contribution in [-0.4, -0.2) is 18.5 Å². The Morgan fingerprint density at radius 1 is 1.64 bits per heavy atom. The lowest BCUT2D eigenvalue weighted by Crippen LogP contribution is -1.99. The number of carbonyl (C=O) groups is 1. The predicted molar refractivity (Wildman–Crippen MR) is 44.4 cm³/mol. The SMILES string of the molecule is CCOC(=O)C#CCCCCl. The normalized spacial score (nSPS) is 8.18. The summed E-state index contributed by atoms with van der Waals surface area (Å²) in [6.07, 6.45) is 1.47. The Labute approximate surface area is 71.9 Å².